The smallest absolute Gasteiger partial charge is 0.458 e. The minimum absolute atomic E-state index is 0.226. The molecule has 0 amide bonds. The topological polar surface area (TPSA) is 74.6 Å². The van der Waals surface area contributed by atoms with Crippen LogP contribution in [0.2, 0.25) is 0 Å². The van der Waals surface area contributed by atoms with E-state index in [1.165, 1.54) is 0 Å². The van der Waals surface area contributed by atoms with E-state index in [0.29, 0.717) is 12.1 Å². The van der Waals surface area contributed by atoms with Crippen LogP contribution in [0.3, 0.4) is 0 Å². The lowest BCUT2D eigenvalue weighted by molar-refractivity contribution is -0.289. The van der Waals surface area contributed by atoms with Crippen LogP contribution in [0.4, 0.5) is 22.0 Å². The van der Waals surface area contributed by atoms with Gasteiger partial charge in [-0.25, -0.2) is 9.59 Å². The van der Waals surface area contributed by atoms with E-state index in [4.69, 9.17) is 10.2 Å². The van der Waals surface area contributed by atoms with Crippen molar-refractivity contribution in [1.29, 1.82) is 0 Å². The predicted molar refractivity (Wildman–Crippen MR) is 50.3 cm³/mol. The van der Waals surface area contributed by atoms with Gasteiger partial charge in [0.2, 0.25) is 0 Å². The molecule has 0 aliphatic rings. The summed E-state index contributed by atoms with van der Waals surface area (Å²) in [6.07, 6.45) is -6.03. The Morgan fingerprint density at radius 3 is 1.84 bits per heavy atom. The Labute approximate surface area is 102 Å². The lowest BCUT2D eigenvalue weighted by Crippen LogP contribution is -2.35. The van der Waals surface area contributed by atoms with E-state index in [1.54, 1.807) is 0 Å². The summed E-state index contributed by atoms with van der Waals surface area (Å²) in [5, 5.41) is 17.3. The number of carbonyl (C=O) groups is 2. The van der Waals surface area contributed by atoms with Gasteiger partial charge in [0, 0.05) is 5.56 Å². The third-order valence-corrected chi connectivity index (χ3v) is 2.20. The van der Waals surface area contributed by atoms with Crippen LogP contribution in [0, 0.1) is 0 Å². The fraction of sp³-hybridized carbons (Fsp3) is 0.200. The molecule has 0 atom stereocenters. The van der Waals surface area contributed by atoms with Crippen LogP contribution in [0.5, 0.6) is 0 Å². The standard InChI is InChI=1S/C10H5F5O4/c11-9(12,10(13,14)15)5-3-1-2-4(7(16)17)6(5)8(18)19/h1-3H,(H,16,17)(H,18,19). The maximum atomic E-state index is 13.1. The van der Waals surface area contributed by atoms with E-state index < -0.39 is 40.7 Å². The Hall–Kier alpha value is -2.19. The number of carboxylic acid groups (broad SMARTS) is 2. The second-order valence-electron chi connectivity index (χ2n) is 3.41. The molecule has 0 fully saturated rings. The van der Waals surface area contributed by atoms with E-state index in [0.717, 1.165) is 0 Å². The number of carboxylic acids is 2. The predicted octanol–water partition coefficient (Wildman–Crippen LogP) is 2.74. The molecular formula is C10H5F5O4. The zero-order valence-electron chi connectivity index (χ0n) is 8.83. The average Bonchev–Trinajstić information content (AvgIpc) is 2.26. The van der Waals surface area contributed by atoms with Crippen molar-refractivity contribution in [3.63, 3.8) is 0 Å². The van der Waals surface area contributed by atoms with Crippen LogP contribution in [-0.4, -0.2) is 28.3 Å². The zero-order chi connectivity index (χ0) is 15.0. The van der Waals surface area contributed by atoms with Crippen LogP contribution in [0.15, 0.2) is 18.2 Å². The quantitative estimate of drug-likeness (QED) is 0.837. The lowest BCUT2D eigenvalue weighted by Gasteiger charge is -2.22. The highest BCUT2D eigenvalue weighted by Crippen LogP contribution is 2.45. The molecule has 19 heavy (non-hydrogen) atoms. The molecule has 0 saturated heterocycles. The lowest BCUT2D eigenvalue weighted by atomic mass is 9.96. The van der Waals surface area contributed by atoms with Crippen LogP contribution >= 0.6 is 0 Å². The van der Waals surface area contributed by atoms with Gasteiger partial charge in [-0.3, -0.25) is 0 Å². The van der Waals surface area contributed by atoms with Gasteiger partial charge >= 0.3 is 24.0 Å². The summed E-state index contributed by atoms with van der Waals surface area (Å²) in [5.74, 6) is -9.57. The first-order valence-corrected chi connectivity index (χ1v) is 4.54. The summed E-state index contributed by atoms with van der Waals surface area (Å²) >= 11 is 0. The zero-order valence-corrected chi connectivity index (χ0v) is 8.83. The highest BCUT2D eigenvalue weighted by atomic mass is 19.4. The van der Waals surface area contributed by atoms with Crippen molar-refractivity contribution in [3.05, 3.63) is 34.9 Å². The number of alkyl halides is 5. The van der Waals surface area contributed by atoms with Crippen molar-refractivity contribution in [2.75, 3.05) is 0 Å². The van der Waals surface area contributed by atoms with Crippen LogP contribution in [0.1, 0.15) is 26.3 Å². The minimum Gasteiger partial charge on any atom is -0.478 e. The number of halogens is 5. The summed E-state index contributed by atoms with van der Waals surface area (Å²) in [5.41, 5.74) is -4.64. The van der Waals surface area contributed by atoms with Gasteiger partial charge < -0.3 is 10.2 Å². The maximum Gasteiger partial charge on any atom is 0.458 e. The Balaban J connectivity index is 3.67. The van der Waals surface area contributed by atoms with E-state index in [9.17, 15) is 31.5 Å². The molecule has 2 N–H and O–H groups in total. The summed E-state index contributed by atoms with van der Waals surface area (Å²) in [6, 6.07) is 1.47. The molecule has 0 aliphatic carbocycles. The van der Waals surface area contributed by atoms with Crippen molar-refractivity contribution in [1.82, 2.24) is 0 Å². The van der Waals surface area contributed by atoms with Crippen molar-refractivity contribution >= 4 is 11.9 Å². The highest BCUT2D eigenvalue weighted by Gasteiger charge is 2.60. The van der Waals surface area contributed by atoms with E-state index >= 15 is 0 Å². The fourth-order valence-electron chi connectivity index (χ4n) is 1.38. The monoisotopic (exact) mass is 284 g/mol. The van der Waals surface area contributed by atoms with Gasteiger partial charge in [-0.05, 0) is 6.07 Å². The van der Waals surface area contributed by atoms with E-state index in [-0.39, 0.29) is 6.07 Å². The first kappa shape index (κ1) is 14.9. The molecule has 1 aromatic carbocycles. The Kier molecular flexibility index (Phi) is 3.51. The van der Waals surface area contributed by atoms with Crippen LogP contribution in [0.25, 0.3) is 0 Å². The van der Waals surface area contributed by atoms with Crippen molar-refractivity contribution < 1.29 is 41.8 Å². The molecule has 0 aliphatic heterocycles. The molecule has 4 nitrogen and oxygen atoms in total. The van der Waals surface area contributed by atoms with Gasteiger partial charge in [0.15, 0.2) is 0 Å². The molecule has 0 bridgehead atoms. The van der Waals surface area contributed by atoms with E-state index in [2.05, 4.69) is 0 Å². The first-order valence-electron chi connectivity index (χ1n) is 4.54. The molecule has 0 saturated carbocycles. The van der Waals surface area contributed by atoms with Gasteiger partial charge in [0.25, 0.3) is 0 Å². The average molecular weight is 284 g/mol. The maximum absolute atomic E-state index is 13.1. The molecule has 0 heterocycles. The summed E-state index contributed by atoms with van der Waals surface area (Å²) in [4.78, 5) is 21.4. The largest absolute Gasteiger partial charge is 0.478 e. The minimum atomic E-state index is -6.03. The molecule has 0 radical (unpaired) electrons. The molecule has 0 aromatic heterocycles. The molecule has 104 valence electrons. The fourth-order valence-corrected chi connectivity index (χ4v) is 1.38. The molecular weight excluding hydrogens is 279 g/mol. The second-order valence-corrected chi connectivity index (χ2v) is 3.41. The second kappa shape index (κ2) is 4.48. The third kappa shape index (κ3) is 2.49. The van der Waals surface area contributed by atoms with Crippen LogP contribution < -0.4 is 0 Å². The number of benzene rings is 1. The highest BCUT2D eigenvalue weighted by molar-refractivity contribution is 6.03. The van der Waals surface area contributed by atoms with Gasteiger partial charge in [0.05, 0.1) is 11.1 Å². The van der Waals surface area contributed by atoms with Gasteiger partial charge in [-0.15, -0.1) is 0 Å². The number of hydrogen-bond donors (Lipinski definition) is 2. The summed E-state index contributed by atoms with van der Waals surface area (Å²) in [6.45, 7) is 0. The third-order valence-electron chi connectivity index (χ3n) is 2.20. The molecule has 9 heteroatoms. The van der Waals surface area contributed by atoms with E-state index in [1.807, 2.05) is 0 Å². The molecule has 0 spiro atoms. The number of hydrogen-bond acceptors (Lipinski definition) is 2. The van der Waals surface area contributed by atoms with Crippen molar-refractivity contribution in [3.8, 4) is 0 Å². The normalized spacial score (nSPS) is 12.3. The van der Waals surface area contributed by atoms with Crippen molar-refractivity contribution in [2.45, 2.75) is 12.1 Å². The van der Waals surface area contributed by atoms with Gasteiger partial charge in [-0.1, -0.05) is 12.1 Å². The SMILES string of the molecule is O=C(O)c1cccc(C(F)(F)C(F)(F)F)c1C(=O)O. The van der Waals surface area contributed by atoms with Gasteiger partial charge in [0.1, 0.15) is 0 Å². The molecule has 1 rings (SSSR count). The molecule has 1 aromatic rings. The van der Waals surface area contributed by atoms with Crippen molar-refractivity contribution in [2.24, 2.45) is 0 Å². The summed E-state index contributed by atoms with van der Waals surface area (Å²) in [7, 11) is 0. The molecule has 0 unspecified atom stereocenters. The first-order chi connectivity index (χ1) is 8.50. The Morgan fingerprint density at radius 2 is 1.47 bits per heavy atom. The Morgan fingerprint density at radius 1 is 0.947 bits per heavy atom. The van der Waals surface area contributed by atoms with Crippen LogP contribution in [-0.2, 0) is 5.92 Å². The van der Waals surface area contributed by atoms with Gasteiger partial charge in [-0.2, -0.15) is 22.0 Å². The number of rotatable bonds is 3. The summed E-state index contributed by atoms with van der Waals surface area (Å²) < 4.78 is 62.9. The number of aromatic carboxylic acids is 2. The Bertz CT molecular complexity index is 535.